The predicted molar refractivity (Wildman–Crippen MR) is 80.6 cm³/mol. The van der Waals surface area contributed by atoms with Gasteiger partial charge in [0.25, 0.3) is 0 Å². The van der Waals surface area contributed by atoms with Gasteiger partial charge in [-0.1, -0.05) is 60.7 Å². The molecule has 0 spiro atoms. The van der Waals surface area contributed by atoms with Crippen molar-refractivity contribution in [1.29, 1.82) is 0 Å². The van der Waals surface area contributed by atoms with E-state index in [9.17, 15) is 10.2 Å². The van der Waals surface area contributed by atoms with Crippen molar-refractivity contribution in [2.75, 3.05) is 0 Å². The third-order valence-corrected chi connectivity index (χ3v) is 3.28. The average Bonchev–Trinajstić information content (AvgIpc) is 2.51. The van der Waals surface area contributed by atoms with Gasteiger partial charge < -0.3 is 10.2 Å². The van der Waals surface area contributed by atoms with Crippen LogP contribution in [-0.4, -0.2) is 10.2 Å². The van der Waals surface area contributed by atoms with Crippen molar-refractivity contribution in [2.24, 2.45) is 0 Å². The first-order valence-corrected chi connectivity index (χ1v) is 6.42. The Balaban J connectivity index is 2.13. The summed E-state index contributed by atoms with van der Waals surface area (Å²) in [4.78, 5) is 0. The lowest BCUT2D eigenvalue weighted by Crippen LogP contribution is -1.83. The molecule has 0 amide bonds. The first-order valence-electron chi connectivity index (χ1n) is 6.42. The van der Waals surface area contributed by atoms with E-state index < -0.39 is 0 Å². The number of benzene rings is 3. The zero-order chi connectivity index (χ0) is 13.9. The predicted octanol–water partition coefficient (Wildman–Crippen LogP) is 4.43. The van der Waals surface area contributed by atoms with Gasteiger partial charge in [-0.25, -0.2) is 0 Å². The molecule has 20 heavy (non-hydrogen) atoms. The van der Waals surface area contributed by atoms with Crippen LogP contribution >= 0.6 is 0 Å². The maximum Gasteiger partial charge on any atom is 0.124 e. The van der Waals surface area contributed by atoms with Gasteiger partial charge in [-0.3, -0.25) is 0 Å². The molecule has 2 heteroatoms. The molecule has 0 unspecified atom stereocenters. The van der Waals surface area contributed by atoms with Crippen molar-refractivity contribution in [2.45, 2.75) is 0 Å². The van der Waals surface area contributed by atoms with E-state index in [0.29, 0.717) is 11.1 Å². The van der Waals surface area contributed by atoms with Crippen molar-refractivity contribution in [1.82, 2.24) is 0 Å². The molecule has 0 aliphatic carbocycles. The molecule has 98 valence electrons. The fourth-order valence-electron chi connectivity index (χ4n) is 2.27. The molecule has 0 atom stereocenters. The van der Waals surface area contributed by atoms with Crippen LogP contribution in [0.15, 0.2) is 72.8 Å². The van der Waals surface area contributed by atoms with Crippen molar-refractivity contribution >= 4 is 0 Å². The molecular weight excluding hydrogens is 248 g/mol. The van der Waals surface area contributed by atoms with E-state index in [1.54, 1.807) is 12.1 Å². The van der Waals surface area contributed by atoms with E-state index in [4.69, 9.17) is 0 Å². The second-order valence-corrected chi connectivity index (χ2v) is 4.62. The van der Waals surface area contributed by atoms with Crippen LogP contribution in [0, 0.1) is 0 Å². The molecule has 0 saturated heterocycles. The highest BCUT2D eigenvalue weighted by Crippen LogP contribution is 2.39. The summed E-state index contributed by atoms with van der Waals surface area (Å²) in [6.45, 7) is 0. The quantitative estimate of drug-likeness (QED) is 0.671. The Hall–Kier alpha value is -2.74. The number of rotatable bonds is 2. The maximum absolute atomic E-state index is 10.2. The van der Waals surface area contributed by atoms with E-state index in [-0.39, 0.29) is 11.5 Å². The van der Waals surface area contributed by atoms with Gasteiger partial charge in [-0.05, 0) is 23.3 Å². The van der Waals surface area contributed by atoms with Crippen molar-refractivity contribution in [3.05, 3.63) is 72.8 Å². The minimum Gasteiger partial charge on any atom is -0.507 e. The Bertz CT molecular complexity index is 654. The molecule has 3 aromatic carbocycles. The third kappa shape index (κ3) is 2.24. The summed E-state index contributed by atoms with van der Waals surface area (Å²) in [5.41, 5.74) is 3.00. The van der Waals surface area contributed by atoms with Crippen LogP contribution in [0.1, 0.15) is 0 Å². The van der Waals surface area contributed by atoms with Gasteiger partial charge in [-0.15, -0.1) is 0 Å². The summed E-state index contributed by atoms with van der Waals surface area (Å²) >= 11 is 0. The second-order valence-electron chi connectivity index (χ2n) is 4.62. The number of hydrogen-bond donors (Lipinski definition) is 2. The zero-order valence-corrected chi connectivity index (χ0v) is 10.8. The van der Waals surface area contributed by atoms with Gasteiger partial charge >= 0.3 is 0 Å². The molecule has 2 N–H and O–H groups in total. The highest BCUT2D eigenvalue weighted by Gasteiger charge is 2.11. The molecule has 3 aromatic rings. The molecule has 2 nitrogen and oxygen atoms in total. The van der Waals surface area contributed by atoms with Gasteiger partial charge in [-0.2, -0.15) is 0 Å². The molecule has 0 bridgehead atoms. The fraction of sp³-hybridized carbons (Fsp3) is 0. The first kappa shape index (κ1) is 12.3. The third-order valence-electron chi connectivity index (χ3n) is 3.28. The number of aromatic hydroxyl groups is 2. The van der Waals surface area contributed by atoms with Crippen LogP contribution in [0.25, 0.3) is 22.3 Å². The smallest absolute Gasteiger partial charge is 0.124 e. The maximum atomic E-state index is 10.2. The van der Waals surface area contributed by atoms with Gasteiger partial charge in [0.15, 0.2) is 0 Å². The zero-order valence-electron chi connectivity index (χ0n) is 10.8. The summed E-state index contributed by atoms with van der Waals surface area (Å²) < 4.78 is 0. The molecule has 0 aliphatic rings. The van der Waals surface area contributed by atoms with Gasteiger partial charge in [0.05, 0.1) is 0 Å². The number of hydrogen-bond acceptors (Lipinski definition) is 2. The molecule has 0 heterocycles. The Kier molecular flexibility index (Phi) is 3.13. The van der Waals surface area contributed by atoms with Crippen LogP contribution in [0.2, 0.25) is 0 Å². The lowest BCUT2D eigenvalue weighted by molar-refractivity contribution is 0.463. The largest absolute Gasteiger partial charge is 0.507 e. The van der Waals surface area contributed by atoms with Gasteiger partial charge in [0.2, 0.25) is 0 Å². The summed E-state index contributed by atoms with van der Waals surface area (Å²) in [5.74, 6) is 0.320. The summed E-state index contributed by atoms with van der Waals surface area (Å²) in [7, 11) is 0. The van der Waals surface area contributed by atoms with Crippen molar-refractivity contribution in [3.8, 4) is 33.8 Å². The van der Waals surface area contributed by atoms with Crippen LogP contribution in [-0.2, 0) is 0 Å². The Morgan fingerprint density at radius 2 is 0.850 bits per heavy atom. The first-order chi connectivity index (χ1) is 9.75. The summed E-state index contributed by atoms with van der Waals surface area (Å²) in [5, 5.41) is 20.4. The normalized spacial score (nSPS) is 10.4. The van der Waals surface area contributed by atoms with Crippen LogP contribution in [0.3, 0.4) is 0 Å². The Morgan fingerprint density at radius 1 is 0.500 bits per heavy atom. The van der Waals surface area contributed by atoms with Crippen molar-refractivity contribution in [3.63, 3.8) is 0 Å². The van der Waals surface area contributed by atoms with E-state index >= 15 is 0 Å². The topological polar surface area (TPSA) is 40.5 Å². The molecule has 3 rings (SSSR count). The second kappa shape index (κ2) is 5.10. The summed E-state index contributed by atoms with van der Waals surface area (Å²) in [6, 6.07) is 22.2. The van der Waals surface area contributed by atoms with Gasteiger partial charge in [0, 0.05) is 11.1 Å². The number of phenols is 2. The Labute approximate surface area is 117 Å². The van der Waals surface area contributed by atoms with Crippen molar-refractivity contribution < 1.29 is 10.2 Å². The van der Waals surface area contributed by atoms with E-state index in [1.165, 1.54) is 0 Å². The lowest BCUT2D eigenvalue weighted by atomic mass is 9.98. The minimum absolute atomic E-state index is 0.160. The molecule has 0 aromatic heterocycles. The van der Waals surface area contributed by atoms with Crippen LogP contribution in [0.5, 0.6) is 11.5 Å². The fourth-order valence-corrected chi connectivity index (χ4v) is 2.27. The van der Waals surface area contributed by atoms with E-state index in [1.807, 2.05) is 60.7 Å². The highest BCUT2D eigenvalue weighted by atomic mass is 16.3. The molecule has 0 radical (unpaired) electrons. The number of phenolic OH excluding ortho intramolecular Hbond substituents is 2. The van der Waals surface area contributed by atoms with Crippen LogP contribution < -0.4 is 0 Å². The van der Waals surface area contributed by atoms with E-state index in [2.05, 4.69) is 0 Å². The molecule has 0 aliphatic heterocycles. The summed E-state index contributed by atoms with van der Waals surface area (Å²) in [6.07, 6.45) is 0. The van der Waals surface area contributed by atoms with E-state index in [0.717, 1.165) is 11.1 Å². The highest BCUT2D eigenvalue weighted by molar-refractivity contribution is 5.80. The van der Waals surface area contributed by atoms with Gasteiger partial charge in [0.1, 0.15) is 11.5 Å². The SMILES string of the molecule is Oc1cc(-c2ccccc2)c(O)cc1-c1ccccc1. The monoisotopic (exact) mass is 262 g/mol. The average molecular weight is 262 g/mol. The lowest BCUT2D eigenvalue weighted by Gasteiger charge is -2.10. The Morgan fingerprint density at radius 3 is 1.20 bits per heavy atom. The standard InChI is InChI=1S/C18H14O2/c19-17-12-16(14-9-5-2-6-10-14)18(20)11-15(17)13-7-3-1-4-8-13/h1-12,19-20H. The molecular formula is C18H14O2. The minimum atomic E-state index is 0.160. The molecule has 0 saturated carbocycles. The molecule has 0 fully saturated rings. The van der Waals surface area contributed by atoms with Crippen LogP contribution in [0.4, 0.5) is 0 Å².